The van der Waals surface area contributed by atoms with E-state index in [1.807, 2.05) is 0 Å². The van der Waals surface area contributed by atoms with E-state index in [0.717, 1.165) is 24.1 Å². The van der Waals surface area contributed by atoms with Crippen LogP contribution in [0.25, 0.3) is 6.08 Å². The molecule has 0 unspecified atom stereocenters. The molecule has 1 aliphatic carbocycles. The molecule has 1 aliphatic rings. The van der Waals surface area contributed by atoms with Crippen LogP contribution in [0.1, 0.15) is 29.0 Å². The fourth-order valence-electron chi connectivity index (χ4n) is 2.30. The van der Waals surface area contributed by atoms with Gasteiger partial charge in [-0.1, -0.05) is 12.1 Å². The Hall–Kier alpha value is -1.72. The Bertz CT molecular complexity index is 658. The summed E-state index contributed by atoms with van der Waals surface area (Å²) in [4.78, 5) is 17.6. The first-order valence-electron chi connectivity index (χ1n) is 6.94. The normalized spacial score (nSPS) is 13.5. The van der Waals surface area contributed by atoms with Crippen LogP contribution in [-0.4, -0.2) is 10.9 Å². The van der Waals surface area contributed by atoms with Crippen molar-refractivity contribution >= 4 is 40.9 Å². The van der Waals surface area contributed by atoms with Crippen LogP contribution in [0.4, 0.5) is 9.52 Å². The molecular formula is C16H16ClFN2OS. The first-order valence-corrected chi connectivity index (χ1v) is 7.75. The highest BCUT2D eigenvalue weighted by Crippen LogP contribution is 2.29. The highest BCUT2D eigenvalue weighted by atomic mass is 35.5. The van der Waals surface area contributed by atoms with Gasteiger partial charge in [-0.05, 0) is 49.5 Å². The molecule has 1 N–H and O–H groups in total. The summed E-state index contributed by atoms with van der Waals surface area (Å²) in [5.74, 6) is -0.504. The van der Waals surface area contributed by atoms with Crippen molar-refractivity contribution < 1.29 is 9.18 Å². The Labute approximate surface area is 138 Å². The fraction of sp³-hybridized carbons (Fsp3) is 0.250. The molecule has 1 aromatic heterocycles. The lowest BCUT2D eigenvalue weighted by Gasteiger charge is -2.06. The van der Waals surface area contributed by atoms with Gasteiger partial charge in [-0.2, -0.15) is 0 Å². The first kappa shape index (κ1) is 16.6. The average Bonchev–Trinajstić information content (AvgIpc) is 2.88. The molecule has 116 valence electrons. The molecule has 0 fully saturated rings. The number of carbonyl (C=O) groups excluding carboxylic acids is 1. The third-order valence-electron chi connectivity index (χ3n) is 3.37. The summed E-state index contributed by atoms with van der Waals surface area (Å²) in [6, 6.07) is 5.99. The summed E-state index contributed by atoms with van der Waals surface area (Å²) in [6.07, 6.45) is 7.54. The number of thiazole rings is 1. The second-order valence-electron chi connectivity index (χ2n) is 4.97. The molecule has 0 radical (unpaired) electrons. The first-order chi connectivity index (χ1) is 10.2. The molecule has 0 aliphatic heterocycles. The summed E-state index contributed by atoms with van der Waals surface area (Å²) >= 11 is 1.56. The number of hydrogen-bond acceptors (Lipinski definition) is 3. The number of carbonyl (C=O) groups is 1. The third kappa shape index (κ3) is 4.15. The summed E-state index contributed by atoms with van der Waals surface area (Å²) < 4.78 is 12.8. The minimum atomic E-state index is -0.287. The Kier molecular flexibility index (Phi) is 5.69. The van der Waals surface area contributed by atoms with Gasteiger partial charge in [-0.25, -0.2) is 9.37 Å². The largest absolute Gasteiger partial charge is 0.298 e. The van der Waals surface area contributed by atoms with Crippen molar-refractivity contribution in [3.63, 3.8) is 0 Å². The molecule has 6 heteroatoms. The van der Waals surface area contributed by atoms with Crippen LogP contribution in [0.3, 0.4) is 0 Å². The molecule has 0 saturated heterocycles. The van der Waals surface area contributed by atoms with Crippen molar-refractivity contribution in [1.82, 2.24) is 4.98 Å². The van der Waals surface area contributed by atoms with E-state index in [1.165, 1.54) is 35.9 Å². The fourth-order valence-corrected chi connectivity index (χ4v) is 3.35. The quantitative estimate of drug-likeness (QED) is 0.851. The zero-order chi connectivity index (χ0) is 14.7. The lowest BCUT2D eigenvalue weighted by molar-refractivity contribution is -0.111. The second kappa shape index (κ2) is 7.51. The van der Waals surface area contributed by atoms with Crippen molar-refractivity contribution in [3.05, 3.63) is 52.3 Å². The van der Waals surface area contributed by atoms with Gasteiger partial charge in [-0.15, -0.1) is 23.7 Å². The van der Waals surface area contributed by atoms with E-state index in [2.05, 4.69) is 10.3 Å². The number of halogens is 2. The number of amides is 1. The number of aryl methyl sites for hydroxylation is 2. The molecular weight excluding hydrogens is 323 g/mol. The maximum atomic E-state index is 12.8. The van der Waals surface area contributed by atoms with Crippen molar-refractivity contribution in [2.45, 2.75) is 25.7 Å². The van der Waals surface area contributed by atoms with E-state index in [0.29, 0.717) is 5.13 Å². The van der Waals surface area contributed by atoms with Gasteiger partial charge in [0.15, 0.2) is 5.13 Å². The zero-order valence-electron chi connectivity index (χ0n) is 11.8. The molecule has 0 atom stereocenters. The molecule has 0 spiro atoms. The number of nitrogens with zero attached hydrogens (tertiary/aromatic N) is 1. The molecule has 1 aromatic carbocycles. The van der Waals surface area contributed by atoms with Gasteiger partial charge < -0.3 is 0 Å². The molecule has 3 nitrogen and oxygen atoms in total. The molecule has 0 bridgehead atoms. The number of benzene rings is 1. The lowest BCUT2D eigenvalue weighted by atomic mass is 10.0. The van der Waals surface area contributed by atoms with Crippen molar-refractivity contribution in [3.8, 4) is 0 Å². The lowest BCUT2D eigenvalue weighted by Crippen LogP contribution is -2.07. The molecule has 1 heterocycles. The zero-order valence-corrected chi connectivity index (χ0v) is 13.5. The summed E-state index contributed by atoms with van der Waals surface area (Å²) in [5, 5.41) is 3.45. The van der Waals surface area contributed by atoms with E-state index in [9.17, 15) is 9.18 Å². The Balaban J connectivity index is 0.00000176. The highest BCUT2D eigenvalue weighted by molar-refractivity contribution is 7.15. The van der Waals surface area contributed by atoms with Crippen LogP contribution in [0.15, 0.2) is 30.3 Å². The van der Waals surface area contributed by atoms with Crippen LogP contribution < -0.4 is 5.32 Å². The SMILES string of the molecule is Cl.O=C(/C=C/c1ccc(F)cc1)Nc1nc2c(s1)CCCC2. The number of hydrogen-bond donors (Lipinski definition) is 1. The van der Waals surface area contributed by atoms with Crippen molar-refractivity contribution in [2.75, 3.05) is 5.32 Å². The molecule has 0 saturated carbocycles. The van der Waals surface area contributed by atoms with Crippen LogP contribution >= 0.6 is 23.7 Å². The number of rotatable bonds is 3. The van der Waals surface area contributed by atoms with Crippen LogP contribution in [0.5, 0.6) is 0 Å². The van der Waals surface area contributed by atoms with Crippen LogP contribution in [-0.2, 0) is 17.6 Å². The Morgan fingerprint density at radius 1 is 1.23 bits per heavy atom. The molecule has 1 amide bonds. The van der Waals surface area contributed by atoms with Gasteiger partial charge in [0.25, 0.3) is 0 Å². The monoisotopic (exact) mass is 338 g/mol. The standard InChI is InChI=1S/C16H15FN2OS.ClH/c17-12-8-5-11(6-9-12)7-10-15(20)19-16-18-13-3-1-2-4-14(13)21-16;/h5-10H,1-4H2,(H,18,19,20);1H/b10-7+;. The smallest absolute Gasteiger partial charge is 0.250 e. The summed E-state index contributed by atoms with van der Waals surface area (Å²) in [5.41, 5.74) is 1.91. The van der Waals surface area contributed by atoms with E-state index in [4.69, 9.17) is 0 Å². The summed E-state index contributed by atoms with van der Waals surface area (Å²) in [7, 11) is 0. The van der Waals surface area contributed by atoms with Gasteiger partial charge in [0.1, 0.15) is 5.82 Å². The van der Waals surface area contributed by atoms with E-state index in [-0.39, 0.29) is 24.1 Å². The highest BCUT2D eigenvalue weighted by Gasteiger charge is 2.15. The van der Waals surface area contributed by atoms with Gasteiger partial charge in [0.2, 0.25) is 5.91 Å². The predicted octanol–water partition coefficient (Wildman–Crippen LogP) is 4.23. The maximum Gasteiger partial charge on any atom is 0.250 e. The number of aromatic nitrogens is 1. The minimum Gasteiger partial charge on any atom is -0.298 e. The van der Waals surface area contributed by atoms with Crippen LogP contribution in [0, 0.1) is 5.82 Å². The van der Waals surface area contributed by atoms with Crippen molar-refractivity contribution in [1.29, 1.82) is 0 Å². The van der Waals surface area contributed by atoms with Gasteiger partial charge >= 0.3 is 0 Å². The van der Waals surface area contributed by atoms with Gasteiger partial charge in [0, 0.05) is 11.0 Å². The molecule has 2 aromatic rings. The Morgan fingerprint density at radius 2 is 1.95 bits per heavy atom. The van der Waals surface area contributed by atoms with E-state index >= 15 is 0 Å². The number of anilines is 1. The second-order valence-corrected chi connectivity index (χ2v) is 6.05. The topological polar surface area (TPSA) is 42.0 Å². The minimum absolute atomic E-state index is 0. The molecule has 22 heavy (non-hydrogen) atoms. The summed E-state index contributed by atoms with van der Waals surface area (Å²) in [6.45, 7) is 0. The number of nitrogens with one attached hydrogen (secondary N) is 1. The third-order valence-corrected chi connectivity index (χ3v) is 4.45. The van der Waals surface area contributed by atoms with E-state index < -0.39 is 0 Å². The van der Waals surface area contributed by atoms with Crippen LogP contribution in [0.2, 0.25) is 0 Å². The van der Waals surface area contributed by atoms with Gasteiger partial charge in [-0.3, -0.25) is 10.1 Å². The van der Waals surface area contributed by atoms with E-state index in [1.54, 1.807) is 29.5 Å². The molecule has 3 rings (SSSR count). The average molecular weight is 339 g/mol. The predicted molar refractivity (Wildman–Crippen MR) is 90.1 cm³/mol. The van der Waals surface area contributed by atoms with Gasteiger partial charge in [0.05, 0.1) is 5.69 Å². The van der Waals surface area contributed by atoms with Crippen molar-refractivity contribution in [2.24, 2.45) is 0 Å². The maximum absolute atomic E-state index is 12.8. The number of fused-ring (bicyclic) bond motifs is 1. The Morgan fingerprint density at radius 3 is 2.68 bits per heavy atom.